The molecule has 0 radical (unpaired) electrons. The van der Waals surface area contributed by atoms with Gasteiger partial charge in [-0.05, 0) is 64.1 Å². The normalized spacial score (nSPS) is 17.6. The van der Waals surface area contributed by atoms with Gasteiger partial charge in [-0.25, -0.2) is 0 Å². The van der Waals surface area contributed by atoms with Crippen LogP contribution in [0.25, 0.3) is 0 Å². The smallest absolute Gasteiger partial charge is 0.0630 e. The van der Waals surface area contributed by atoms with Crippen molar-refractivity contribution in [3.05, 3.63) is 33.0 Å². The van der Waals surface area contributed by atoms with Gasteiger partial charge in [0, 0.05) is 9.75 Å². The highest BCUT2D eigenvalue weighted by atomic mass is 32.1. The Hall–Kier alpha value is -0.600. The fraction of sp³-hybridized carbons (Fsp3) is 0.625. The molecule has 1 nitrogen and oxygen atoms in total. The minimum atomic E-state index is 0.475. The summed E-state index contributed by atoms with van der Waals surface area (Å²) in [4.78, 5) is 2.97. The Balaban J connectivity index is 2.20. The Bertz CT molecular complexity index is 397. The van der Waals surface area contributed by atoms with Gasteiger partial charge >= 0.3 is 0 Å². The van der Waals surface area contributed by atoms with Crippen molar-refractivity contribution in [3.8, 4) is 0 Å². The van der Waals surface area contributed by atoms with Crippen LogP contribution in [0.5, 0.6) is 0 Å². The molecular formula is C16H25NS. The van der Waals surface area contributed by atoms with E-state index in [4.69, 9.17) is 0 Å². The Labute approximate surface area is 115 Å². The summed E-state index contributed by atoms with van der Waals surface area (Å²) in [6.45, 7) is 7.80. The Morgan fingerprint density at radius 3 is 2.72 bits per heavy atom. The molecule has 100 valence electrons. The van der Waals surface area contributed by atoms with Gasteiger partial charge in [0.25, 0.3) is 0 Å². The molecule has 0 aliphatic heterocycles. The Morgan fingerprint density at radius 2 is 2.17 bits per heavy atom. The van der Waals surface area contributed by atoms with Crippen LogP contribution in [-0.2, 0) is 0 Å². The summed E-state index contributed by atoms with van der Waals surface area (Å²) in [5.41, 5.74) is 3.06. The molecule has 2 rings (SSSR count). The van der Waals surface area contributed by atoms with Crippen molar-refractivity contribution in [2.75, 3.05) is 6.54 Å². The highest BCUT2D eigenvalue weighted by molar-refractivity contribution is 7.12. The number of hydrogen-bond donors (Lipinski definition) is 1. The highest BCUT2D eigenvalue weighted by Crippen LogP contribution is 2.34. The summed E-state index contributed by atoms with van der Waals surface area (Å²) < 4.78 is 0. The van der Waals surface area contributed by atoms with Crippen LogP contribution in [0.3, 0.4) is 0 Å². The van der Waals surface area contributed by atoms with E-state index in [0.29, 0.717) is 6.04 Å². The average molecular weight is 263 g/mol. The lowest BCUT2D eigenvalue weighted by Gasteiger charge is -2.23. The van der Waals surface area contributed by atoms with E-state index >= 15 is 0 Å². The maximum Gasteiger partial charge on any atom is 0.0630 e. The highest BCUT2D eigenvalue weighted by Gasteiger charge is 2.19. The average Bonchev–Trinajstić information content (AvgIpc) is 2.71. The fourth-order valence-corrected chi connectivity index (χ4v) is 3.73. The maximum atomic E-state index is 3.74. The van der Waals surface area contributed by atoms with Crippen molar-refractivity contribution >= 4 is 11.3 Å². The van der Waals surface area contributed by atoms with Gasteiger partial charge in [0.2, 0.25) is 0 Å². The molecule has 1 heterocycles. The second kappa shape index (κ2) is 6.53. The second-order valence-electron chi connectivity index (χ2n) is 5.30. The molecular weight excluding hydrogens is 238 g/mol. The number of hydrogen-bond acceptors (Lipinski definition) is 2. The number of nitrogens with one attached hydrogen (secondary N) is 1. The topological polar surface area (TPSA) is 12.0 Å². The zero-order valence-corrected chi connectivity index (χ0v) is 12.7. The van der Waals surface area contributed by atoms with E-state index in [0.717, 1.165) is 6.54 Å². The minimum Gasteiger partial charge on any atom is -0.306 e. The molecule has 1 atom stereocenters. The molecule has 1 aliphatic rings. The van der Waals surface area contributed by atoms with E-state index in [1.807, 2.05) is 11.3 Å². The summed E-state index contributed by atoms with van der Waals surface area (Å²) in [5.74, 6) is 0. The molecule has 0 saturated carbocycles. The molecule has 2 heteroatoms. The van der Waals surface area contributed by atoms with Gasteiger partial charge in [-0.3, -0.25) is 0 Å². The molecule has 0 fully saturated rings. The molecule has 1 aliphatic carbocycles. The maximum absolute atomic E-state index is 3.74. The van der Waals surface area contributed by atoms with Gasteiger partial charge in [-0.2, -0.15) is 0 Å². The lowest BCUT2D eigenvalue weighted by molar-refractivity contribution is 0.552. The van der Waals surface area contributed by atoms with Gasteiger partial charge < -0.3 is 5.32 Å². The molecule has 1 aromatic rings. The van der Waals surface area contributed by atoms with E-state index in [2.05, 4.69) is 38.2 Å². The third kappa shape index (κ3) is 3.24. The first kappa shape index (κ1) is 13.8. The van der Waals surface area contributed by atoms with Crippen LogP contribution in [0.4, 0.5) is 0 Å². The summed E-state index contributed by atoms with van der Waals surface area (Å²) >= 11 is 1.96. The third-order valence-electron chi connectivity index (χ3n) is 3.76. The first-order chi connectivity index (χ1) is 8.72. The van der Waals surface area contributed by atoms with Crippen LogP contribution < -0.4 is 5.32 Å². The quantitative estimate of drug-likeness (QED) is 0.745. The third-order valence-corrected chi connectivity index (χ3v) is 4.98. The summed E-state index contributed by atoms with van der Waals surface area (Å²) in [6, 6.07) is 2.85. The second-order valence-corrected chi connectivity index (χ2v) is 6.59. The minimum absolute atomic E-state index is 0.475. The summed E-state index contributed by atoms with van der Waals surface area (Å²) in [6.07, 6.45) is 8.95. The Morgan fingerprint density at radius 1 is 1.33 bits per heavy atom. The molecule has 1 aromatic heterocycles. The van der Waals surface area contributed by atoms with Crippen molar-refractivity contribution in [1.29, 1.82) is 0 Å². The predicted molar refractivity (Wildman–Crippen MR) is 81.4 cm³/mol. The van der Waals surface area contributed by atoms with Crippen LogP contribution in [0.2, 0.25) is 0 Å². The molecule has 1 unspecified atom stereocenters. The van der Waals surface area contributed by atoms with Crippen LogP contribution >= 0.6 is 11.3 Å². The van der Waals surface area contributed by atoms with Crippen molar-refractivity contribution in [1.82, 2.24) is 5.32 Å². The molecule has 1 N–H and O–H groups in total. The van der Waals surface area contributed by atoms with Crippen molar-refractivity contribution in [3.63, 3.8) is 0 Å². The SMILES string of the molecule is CCCNC(C1=CCCCC1)c1cc(C)c(C)s1. The first-order valence-corrected chi connectivity index (χ1v) is 8.03. The van der Waals surface area contributed by atoms with Gasteiger partial charge in [-0.1, -0.05) is 18.6 Å². The lowest BCUT2D eigenvalue weighted by atomic mass is 9.93. The lowest BCUT2D eigenvalue weighted by Crippen LogP contribution is -2.24. The number of rotatable bonds is 5. The van der Waals surface area contributed by atoms with Crippen molar-refractivity contribution in [2.24, 2.45) is 0 Å². The number of aryl methyl sites for hydroxylation is 2. The molecule has 0 aromatic carbocycles. The summed E-state index contributed by atoms with van der Waals surface area (Å²) in [7, 11) is 0. The first-order valence-electron chi connectivity index (χ1n) is 7.21. The van der Waals surface area contributed by atoms with Crippen LogP contribution in [-0.4, -0.2) is 6.54 Å². The van der Waals surface area contributed by atoms with E-state index in [1.54, 1.807) is 5.57 Å². The molecule has 18 heavy (non-hydrogen) atoms. The van der Waals surface area contributed by atoms with Gasteiger partial charge in [-0.15, -0.1) is 11.3 Å². The Kier molecular flexibility index (Phi) is 5.02. The molecule has 0 amide bonds. The fourth-order valence-electron chi connectivity index (χ4n) is 2.57. The van der Waals surface area contributed by atoms with Gasteiger partial charge in [0.1, 0.15) is 0 Å². The van der Waals surface area contributed by atoms with E-state index < -0.39 is 0 Å². The molecule has 0 bridgehead atoms. The predicted octanol–water partition coefficient (Wildman–Crippen LogP) is 4.91. The zero-order chi connectivity index (χ0) is 13.0. The van der Waals surface area contributed by atoms with Crippen LogP contribution in [0.15, 0.2) is 17.7 Å². The monoisotopic (exact) mass is 263 g/mol. The molecule has 0 saturated heterocycles. The van der Waals surface area contributed by atoms with E-state index in [9.17, 15) is 0 Å². The standard InChI is InChI=1S/C16H25NS/c1-4-10-17-16(14-8-6-5-7-9-14)15-11-12(2)13(3)18-15/h8,11,16-17H,4-7,9-10H2,1-3H3. The van der Waals surface area contributed by atoms with Crippen LogP contribution in [0, 0.1) is 13.8 Å². The number of allylic oxidation sites excluding steroid dienone is 1. The van der Waals surface area contributed by atoms with E-state index in [1.165, 1.54) is 47.4 Å². The largest absolute Gasteiger partial charge is 0.306 e. The molecule has 0 spiro atoms. The van der Waals surface area contributed by atoms with Crippen LogP contribution in [0.1, 0.15) is 60.4 Å². The van der Waals surface area contributed by atoms with Gasteiger partial charge in [0.05, 0.1) is 6.04 Å². The van der Waals surface area contributed by atoms with Crippen molar-refractivity contribution < 1.29 is 0 Å². The van der Waals surface area contributed by atoms with Gasteiger partial charge in [0.15, 0.2) is 0 Å². The van der Waals surface area contributed by atoms with E-state index in [-0.39, 0.29) is 0 Å². The summed E-state index contributed by atoms with van der Waals surface area (Å²) in [5, 5.41) is 3.74. The zero-order valence-electron chi connectivity index (χ0n) is 11.9. The number of thiophene rings is 1. The van der Waals surface area contributed by atoms with Crippen molar-refractivity contribution in [2.45, 2.75) is 58.9 Å².